The van der Waals surface area contributed by atoms with Gasteiger partial charge in [-0.1, -0.05) is 55.9 Å². The summed E-state index contributed by atoms with van der Waals surface area (Å²) in [7, 11) is 2.00. The van der Waals surface area contributed by atoms with Crippen molar-refractivity contribution in [2.45, 2.75) is 43.3 Å². The van der Waals surface area contributed by atoms with E-state index < -0.39 is 0 Å². The maximum absolute atomic E-state index is 14.4. The second-order valence-corrected chi connectivity index (χ2v) is 9.82. The van der Waals surface area contributed by atoms with Crippen LogP contribution in [0.15, 0.2) is 65.5 Å². The van der Waals surface area contributed by atoms with Crippen molar-refractivity contribution in [3.63, 3.8) is 0 Å². The van der Waals surface area contributed by atoms with Crippen LogP contribution in [0.2, 0.25) is 0 Å². The third-order valence-corrected chi connectivity index (χ3v) is 7.24. The van der Waals surface area contributed by atoms with Crippen LogP contribution in [0.5, 0.6) is 0 Å². The van der Waals surface area contributed by atoms with Crippen molar-refractivity contribution in [1.29, 1.82) is 0 Å². The predicted octanol–water partition coefficient (Wildman–Crippen LogP) is 5.39. The minimum atomic E-state index is -0.315. The van der Waals surface area contributed by atoms with Gasteiger partial charge in [0.25, 0.3) is 0 Å². The summed E-state index contributed by atoms with van der Waals surface area (Å²) in [6, 6.07) is 15.1. The van der Waals surface area contributed by atoms with E-state index in [0.29, 0.717) is 16.5 Å². The van der Waals surface area contributed by atoms with E-state index in [1.54, 1.807) is 24.3 Å². The molecular weight excluding hydrogens is 423 g/mol. The fourth-order valence-corrected chi connectivity index (χ4v) is 5.28. The SMILES string of the molecule is CN1/C(=C\C(=O)CSc2nnc(-c3ccccc3F)n2C2CC2)C(C)(C)c2ccccc21. The van der Waals surface area contributed by atoms with Crippen LogP contribution in [0.1, 0.15) is 38.3 Å². The van der Waals surface area contributed by atoms with Gasteiger partial charge in [-0.15, -0.1) is 10.2 Å². The van der Waals surface area contributed by atoms with Gasteiger partial charge in [0.2, 0.25) is 0 Å². The molecule has 0 amide bonds. The second kappa shape index (κ2) is 7.89. The number of carbonyl (C=O) groups is 1. The number of benzene rings is 2. The fraction of sp³-hybridized carbons (Fsp3) is 0.320. The topological polar surface area (TPSA) is 51.0 Å². The van der Waals surface area contributed by atoms with Gasteiger partial charge >= 0.3 is 0 Å². The minimum Gasteiger partial charge on any atom is -0.347 e. The van der Waals surface area contributed by atoms with Crippen molar-refractivity contribution >= 4 is 23.2 Å². The van der Waals surface area contributed by atoms with Crippen LogP contribution in [-0.2, 0) is 10.2 Å². The highest BCUT2D eigenvalue weighted by Crippen LogP contribution is 2.46. The normalized spacial score (nSPS) is 18.2. The summed E-state index contributed by atoms with van der Waals surface area (Å²) in [6.45, 7) is 4.29. The van der Waals surface area contributed by atoms with Gasteiger partial charge in [0, 0.05) is 36.0 Å². The molecule has 0 N–H and O–H groups in total. The number of para-hydroxylation sites is 1. The average Bonchev–Trinajstić information content (AvgIpc) is 3.51. The van der Waals surface area contributed by atoms with Crippen molar-refractivity contribution < 1.29 is 9.18 Å². The number of nitrogens with zero attached hydrogens (tertiary/aromatic N) is 4. The van der Waals surface area contributed by atoms with Crippen LogP contribution < -0.4 is 4.90 Å². The van der Waals surface area contributed by atoms with Crippen LogP contribution in [0, 0.1) is 5.82 Å². The Bertz CT molecular complexity index is 1230. The van der Waals surface area contributed by atoms with E-state index in [1.807, 2.05) is 23.7 Å². The molecule has 32 heavy (non-hydrogen) atoms. The van der Waals surface area contributed by atoms with Crippen molar-refractivity contribution in [1.82, 2.24) is 14.8 Å². The lowest BCUT2D eigenvalue weighted by atomic mass is 9.83. The van der Waals surface area contributed by atoms with Gasteiger partial charge in [0.05, 0.1) is 11.3 Å². The molecule has 1 fully saturated rings. The lowest BCUT2D eigenvalue weighted by Crippen LogP contribution is -2.24. The molecule has 1 aromatic heterocycles. The average molecular weight is 449 g/mol. The molecule has 1 aliphatic carbocycles. The number of allylic oxidation sites excluding steroid dienone is 2. The Morgan fingerprint density at radius 2 is 1.88 bits per heavy atom. The Balaban J connectivity index is 1.37. The molecule has 0 bridgehead atoms. The number of rotatable bonds is 6. The lowest BCUT2D eigenvalue weighted by molar-refractivity contribution is -0.112. The maximum atomic E-state index is 14.4. The number of ketones is 1. The molecule has 1 aliphatic heterocycles. The first-order valence-electron chi connectivity index (χ1n) is 10.8. The smallest absolute Gasteiger partial charge is 0.192 e. The molecule has 0 radical (unpaired) electrons. The number of likely N-dealkylation sites (N-methyl/N-ethyl adjacent to an activating group) is 1. The highest BCUT2D eigenvalue weighted by molar-refractivity contribution is 7.99. The number of halogens is 1. The Labute approximate surface area is 191 Å². The van der Waals surface area contributed by atoms with E-state index in [0.717, 1.165) is 24.2 Å². The molecule has 2 heterocycles. The summed E-state index contributed by atoms with van der Waals surface area (Å²) >= 11 is 1.37. The van der Waals surface area contributed by atoms with Crippen LogP contribution in [0.4, 0.5) is 10.1 Å². The summed E-state index contributed by atoms with van der Waals surface area (Å²) in [5.41, 5.74) is 3.54. The van der Waals surface area contributed by atoms with Gasteiger partial charge in [0.15, 0.2) is 16.8 Å². The van der Waals surface area contributed by atoms with Gasteiger partial charge in [-0.25, -0.2) is 4.39 Å². The maximum Gasteiger partial charge on any atom is 0.192 e. The summed E-state index contributed by atoms with van der Waals surface area (Å²) in [4.78, 5) is 15.0. The standard InChI is InChI=1S/C25H25FN4OS/c1-25(2)19-9-5-7-11-21(19)29(3)22(25)14-17(31)15-32-24-28-27-23(30(24)16-12-13-16)18-8-4-6-10-20(18)26/h4-11,14,16H,12-13,15H2,1-3H3/b22-14-. The van der Waals surface area contributed by atoms with Crippen molar-refractivity contribution in [2.24, 2.45) is 0 Å². The second-order valence-electron chi connectivity index (χ2n) is 8.87. The van der Waals surface area contributed by atoms with Gasteiger partial charge in [-0.2, -0.15) is 0 Å². The molecule has 2 aromatic carbocycles. The molecule has 7 heteroatoms. The highest BCUT2D eigenvalue weighted by atomic mass is 32.2. The summed E-state index contributed by atoms with van der Waals surface area (Å²) in [5.74, 6) is 0.498. The highest BCUT2D eigenvalue weighted by Gasteiger charge is 2.38. The Morgan fingerprint density at radius 1 is 1.16 bits per heavy atom. The fourth-order valence-electron chi connectivity index (χ4n) is 4.45. The van der Waals surface area contributed by atoms with Gasteiger partial charge in [-0.3, -0.25) is 9.36 Å². The molecule has 0 unspecified atom stereocenters. The number of anilines is 1. The van der Waals surface area contributed by atoms with Crippen molar-refractivity contribution in [3.05, 3.63) is 71.7 Å². The molecular formula is C25H25FN4OS. The molecule has 5 rings (SSSR count). The van der Waals surface area contributed by atoms with E-state index in [4.69, 9.17) is 0 Å². The summed E-state index contributed by atoms with van der Waals surface area (Å²) < 4.78 is 16.3. The number of thioether (sulfide) groups is 1. The van der Waals surface area contributed by atoms with E-state index in [1.165, 1.54) is 23.4 Å². The quantitative estimate of drug-likeness (QED) is 0.374. The van der Waals surface area contributed by atoms with E-state index >= 15 is 0 Å². The summed E-state index contributed by atoms with van der Waals surface area (Å²) in [6.07, 6.45) is 3.78. The van der Waals surface area contributed by atoms with Crippen molar-refractivity contribution in [2.75, 3.05) is 17.7 Å². The zero-order chi connectivity index (χ0) is 22.5. The van der Waals surface area contributed by atoms with Crippen molar-refractivity contribution in [3.8, 4) is 11.4 Å². The van der Waals surface area contributed by atoms with Gasteiger partial charge in [-0.05, 0) is 36.6 Å². The molecule has 3 aromatic rings. The zero-order valence-corrected chi connectivity index (χ0v) is 19.2. The van der Waals surface area contributed by atoms with Crippen LogP contribution in [-0.4, -0.2) is 33.3 Å². The Morgan fingerprint density at radius 3 is 2.59 bits per heavy atom. The third-order valence-electron chi connectivity index (χ3n) is 6.27. The predicted molar refractivity (Wildman–Crippen MR) is 125 cm³/mol. The van der Waals surface area contributed by atoms with Crippen LogP contribution in [0.3, 0.4) is 0 Å². The van der Waals surface area contributed by atoms with E-state index in [-0.39, 0.29) is 28.8 Å². The molecule has 2 aliphatic rings. The molecule has 5 nitrogen and oxygen atoms in total. The minimum absolute atomic E-state index is 0.0236. The monoisotopic (exact) mass is 448 g/mol. The molecule has 164 valence electrons. The third kappa shape index (κ3) is 3.54. The zero-order valence-electron chi connectivity index (χ0n) is 18.4. The first-order valence-corrected chi connectivity index (χ1v) is 11.8. The Kier molecular flexibility index (Phi) is 5.16. The first kappa shape index (κ1) is 20.9. The van der Waals surface area contributed by atoms with Gasteiger partial charge < -0.3 is 4.90 Å². The first-order chi connectivity index (χ1) is 15.4. The number of aromatic nitrogens is 3. The Hall–Kier alpha value is -2.93. The molecule has 0 saturated heterocycles. The number of fused-ring (bicyclic) bond motifs is 1. The largest absolute Gasteiger partial charge is 0.347 e. The van der Waals surface area contributed by atoms with Crippen LogP contribution in [0.25, 0.3) is 11.4 Å². The molecule has 0 spiro atoms. The molecule has 0 atom stereocenters. The number of carbonyl (C=O) groups excluding carboxylic acids is 1. The van der Waals surface area contributed by atoms with Gasteiger partial charge in [0.1, 0.15) is 5.82 Å². The van der Waals surface area contributed by atoms with E-state index in [2.05, 4.69) is 41.1 Å². The number of hydrogen-bond donors (Lipinski definition) is 0. The van der Waals surface area contributed by atoms with Crippen LogP contribution >= 0.6 is 11.8 Å². The molecule has 1 saturated carbocycles. The number of hydrogen-bond acceptors (Lipinski definition) is 5. The van der Waals surface area contributed by atoms with E-state index in [9.17, 15) is 9.18 Å². The lowest BCUT2D eigenvalue weighted by Gasteiger charge is -2.23. The summed E-state index contributed by atoms with van der Waals surface area (Å²) in [5, 5.41) is 9.24.